The van der Waals surface area contributed by atoms with E-state index in [4.69, 9.17) is 23.2 Å². The molecule has 1 amide bonds. The minimum atomic E-state index is -3.03. The molecule has 0 saturated carbocycles. The Kier molecular flexibility index (Phi) is 5.17. The molecule has 1 fully saturated rings. The van der Waals surface area contributed by atoms with Crippen molar-refractivity contribution in [3.63, 3.8) is 0 Å². The minimum Gasteiger partial charge on any atom is -0.335 e. The minimum absolute atomic E-state index is 0.0417. The number of sulfone groups is 1. The van der Waals surface area contributed by atoms with E-state index in [-0.39, 0.29) is 23.5 Å². The van der Waals surface area contributed by atoms with Gasteiger partial charge in [-0.05, 0) is 31.0 Å². The molecule has 7 heteroatoms. The van der Waals surface area contributed by atoms with Crippen LogP contribution in [-0.4, -0.2) is 43.3 Å². The van der Waals surface area contributed by atoms with Crippen molar-refractivity contribution in [2.45, 2.75) is 25.8 Å². The number of carbonyl (C=O) groups is 1. The van der Waals surface area contributed by atoms with Crippen molar-refractivity contribution in [1.29, 1.82) is 0 Å². The summed E-state index contributed by atoms with van der Waals surface area (Å²) in [7, 11) is -3.03. The van der Waals surface area contributed by atoms with E-state index in [1.807, 2.05) is 6.92 Å². The summed E-state index contributed by atoms with van der Waals surface area (Å²) in [5, 5.41) is 0.705. The van der Waals surface area contributed by atoms with Gasteiger partial charge < -0.3 is 4.90 Å². The predicted octanol–water partition coefficient (Wildman–Crippen LogP) is 3.03. The number of amides is 1. The lowest BCUT2D eigenvalue weighted by Gasteiger charge is -2.28. The molecule has 1 saturated heterocycles. The van der Waals surface area contributed by atoms with Crippen LogP contribution in [-0.2, 0) is 9.84 Å². The maximum absolute atomic E-state index is 12.6. The third kappa shape index (κ3) is 3.90. The van der Waals surface area contributed by atoms with Crippen LogP contribution in [0.2, 0.25) is 10.0 Å². The lowest BCUT2D eigenvalue weighted by Crippen LogP contribution is -2.41. The molecule has 1 heterocycles. The lowest BCUT2D eigenvalue weighted by molar-refractivity contribution is 0.0697. The molecule has 2 rings (SSSR count). The van der Waals surface area contributed by atoms with Gasteiger partial charge in [0.05, 0.1) is 21.6 Å². The zero-order valence-corrected chi connectivity index (χ0v) is 14.0. The van der Waals surface area contributed by atoms with Crippen LogP contribution in [0.4, 0.5) is 0 Å². The molecule has 1 unspecified atom stereocenters. The Morgan fingerprint density at radius 1 is 1.33 bits per heavy atom. The largest absolute Gasteiger partial charge is 0.335 e. The fourth-order valence-electron chi connectivity index (χ4n) is 2.51. The van der Waals surface area contributed by atoms with Crippen molar-refractivity contribution < 1.29 is 13.2 Å². The van der Waals surface area contributed by atoms with E-state index in [1.54, 1.807) is 17.0 Å². The third-order valence-corrected chi connectivity index (χ3v) is 6.03. The zero-order chi connectivity index (χ0) is 15.6. The molecular formula is C14H17Cl2NO3S. The second kappa shape index (κ2) is 6.55. The molecule has 4 nitrogen and oxygen atoms in total. The van der Waals surface area contributed by atoms with Crippen LogP contribution in [0.25, 0.3) is 0 Å². The summed E-state index contributed by atoms with van der Waals surface area (Å²) in [6.07, 6.45) is 1.26. The normalized spacial score (nSPS) is 20.4. The monoisotopic (exact) mass is 349 g/mol. The van der Waals surface area contributed by atoms with Crippen LogP contribution >= 0.6 is 23.2 Å². The Bertz CT molecular complexity index is 646. The van der Waals surface area contributed by atoms with Crippen molar-refractivity contribution in [1.82, 2.24) is 4.90 Å². The first-order chi connectivity index (χ1) is 9.84. The van der Waals surface area contributed by atoms with Gasteiger partial charge in [-0.3, -0.25) is 4.79 Å². The average Bonchev–Trinajstić information content (AvgIpc) is 2.78. The first kappa shape index (κ1) is 16.6. The van der Waals surface area contributed by atoms with Crippen LogP contribution in [0.1, 0.15) is 30.1 Å². The van der Waals surface area contributed by atoms with Gasteiger partial charge in [0.15, 0.2) is 9.84 Å². The molecule has 1 aliphatic heterocycles. The summed E-state index contributed by atoms with van der Waals surface area (Å²) in [5.41, 5.74) is 0.433. The van der Waals surface area contributed by atoms with Crippen LogP contribution in [0.5, 0.6) is 0 Å². The van der Waals surface area contributed by atoms with E-state index < -0.39 is 9.84 Å². The topological polar surface area (TPSA) is 54.5 Å². The average molecular weight is 350 g/mol. The van der Waals surface area contributed by atoms with Crippen LogP contribution in [0.15, 0.2) is 18.2 Å². The number of nitrogens with zero attached hydrogens (tertiary/aromatic N) is 1. The second-order valence-electron chi connectivity index (χ2n) is 5.18. The van der Waals surface area contributed by atoms with Gasteiger partial charge in [0.2, 0.25) is 0 Å². The van der Waals surface area contributed by atoms with Crippen molar-refractivity contribution in [2.24, 2.45) is 0 Å². The standard InChI is InChI=1S/C14H17Cl2NO3S/c1-2-6-17(11-5-7-21(19,20)9-11)14(18)10-3-4-12(15)13(16)8-10/h3-4,8,11H,2,5-7,9H2,1H3. The first-order valence-corrected chi connectivity index (χ1v) is 9.38. The smallest absolute Gasteiger partial charge is 0.254 e. The van der Waals surface area contributed by atoms with Crippen LogP contribution in [0.3, 0.4) is 0 Å². The van der Waals surface area contributed by atoms with Gasteiger partial charge in [-0.25, -0.2) is 8.42 Å². The highest BCUT2D eigenvalue weighted by molar-refractivity contribution is 7.91. The summed E-state index contributed by atoms with van der Waals surface area (Å²) in [6, 6.07) is 4.46. The number of benzene rings is 1. The predicted molar refractivity (Wildman–Crippen MR) is 84.8 cm³/mol. The second-order valence-corrected chi connectivity index (χ2v) is 8.23. The molecule has 0 N–H and O–H groups in total. The molecule has 0 aromatic heterocycles. The lowest BCUT2D eigenvalue weighted by atomic mass is 10.1. The molecule has 1 aromatic rings. The van der Waals surface area contributed by atoms with E-state index in [9.17, 15) is 13.2 Å². The molecule has 116 valence electrons. The molecule has 1 atom stereocenters. The van der Waals surface area contributed by atoms with E-state index in [0.29, 0.717) is 28.6 Å². The van der Waals surface area contributed by atoms with Gasteiger partial charge in [-0.15, -0.1) is 0 Å². The Morgan fingerprint density at radius 3 is 2.57 bits per heavy atom. The fourth-order valence-corrected chi connectivity index (χ4v) is 4.54. The highest BCUT2D eigenvalue weighted by Gasteiger charge is 2.34. The molecule has 0 aliphatic carbocycles. The molecule has 0 spiro atoms. The zero-order valence-electron chi connectivity index (χ0n) is 11.7. The number of hydrogen-bond donors (Lipinski definition) is 0. The van der Waals surface area contributed by atoms with Gasteiger partial charge in [-0.1, -0.05) is 30.1 Å². The van der Waals surface area contributed by atoms with Gasteiger partial charge in [0.25, 0.3) is 5.91 Å². The number of halogens is 2. The van der Waals surface area contributed by atoms with E-state index in [1.165, 1.54) is 6.07 Å². The quantitative estimate of drug-likeness (QED) is 0.839. The fraction of sp³-hybridized carbons (Fsp3) is 0.500. The van der Waals surface area contributed by atoms with Crippen molar-refractivity contribution >= 4 is 38.9 Å². The SMILES string of the molecule is CCCN(C(=O)c1ccc(Cl)c(Cl)c1)C1CCS(=O)(=O)C1. The van der Waals surface area contributed by atoms with Crippen LogP contribution in [0, 0.1) is 0 Å². The maximum Gasteiger partial charge on any atom is 0.254 e. The van der Waals surface area contributed by atoms with Gasteiger partial charge >= 0.3 is 0 Å². The molecule has 0 radical (unpaired) electrons. The Labute approximate surface area is 134 Å². The van der Waals surface area contributed by atoms with E-state index >= 15 is 0 Å². The van der Waals surface area contributed by atoms with E-state index in [0.717, 1.165) is 6.42 Å². The summed E-state index contributed by atoms with van der Waals surface area (Å²) in [4.78, 5) is 14.3. The molecule has 1 aliphatic rings. The molecule has 0 bridgehead atoms. The van der Waals surface area contributed by atoms with Crippen molar-refractivity contribution in [3.8, 4) is 0 Å². The first-order valence-electron chi connectivity index (χ1n) is 6.80. The molecular weight excluding hydrogens is 333 g/mol. The van der Waals surface area contributed by atoms with Crippen LogP contribution < -0.4 is 0 Å². The maximum atomic E-state index is 12.6. The molecule has 21 heavy (non-hydrogen) atoms. The number of rotatable bonds is 4. The number of hydrogen-bond acceptors (Lipinski definition) is 3. The van der Waals surface area contributed by atoms with Crippen molar-refractivity contribution in [2.75, 3.05) is 18.1 Å². The Morgan fingerprint density at radius 2 is 2.05 bits per heavy atom. The summed E-state index contributed by atoms with van der Waals surface area (Å²) in [5.74, 6) is -0.00964. The summed E-state index contributed by atoms with van der Waals surface area (Å²) >= 11 is 11.8. The van der Waals surface area contributed by atoms with Crippen molar-refractivity contribution in [3.05, 3.63) is 33.8 Å². The number of carbonyl (C=O) groups excluding carboxylic acids is 1. The highest BCUT2D eigenvalue weighted by atomic mass is 35.5. The Hall–Kier alpha value is -0.780. The highest BCUT2D eigenvalue weighted by Crippen LogP contribution is 2.25. The van der Waals surface area contributed by atoms with Gasteiger partial charge in [0, 0.05) is 18.2 Å². The Balaban J connectivity index is 2.25. The summed E-state index contributed by atoms with van der Waals surface area (Å²) < 4.78 is 23.3. The summed E-state index contributed by atoms with van der Waals surface area (Å²) in [6.45, 7) is 2.48. The van der Waals surface area contributed by atoms with Gasteiger partial charge in [-0.2, -0.15) is 0 Å². The third-order valence-electron chi connectivity index (χ3n) is 3.54. The van der Waals surface area contributed by atoms with E-state index in [2.05, 4.69) is 0 Å². The van der Waals surface area contributed by atoms with Gasteiger partial charge in [0.1, 0.15) is 0 Å². The molecule has 1 aromatic carbocycles.